The molecule has 3 heteroatoms. The molecule has 2 atom stereocenters. The quantitative estimate of drug-likeness (QED) is 0.786. The average molecular weight is 204 g/mol. The van der Waals surface area contributed by atoms with Crippen LogP contribution >= 0.6 is 0 Å². The number of rotatable bonds is 2. The van der Waals surface area contributed by atoms with Gasteiger partial charge in [0.15, 0.2) is 0 Å². The number of benzene rings is 1. The molecule has 1 saturated heterocycles. The van der Waals surface area contributed by atoms with Gasteiger partial charge in [-0.25, -0.2) is 0 Å². The zero-order valence-corrected chi connectivity index (χ0v) is 8.89. The third-order valence-corrected chi connectivity index (χ3v) is 3.14. The molecular weight excluding hydrogens is 188 g/mol. The highest BCUT2D eigenvalue weighted by Crippen LogP contribution is 2.35. The first-order valence-electron chi connectivity index (χ1n) is 5.24. The highest BCUT2D eigenvalue weighted by atomic mass is 16.2. The Morgan fingerprint density at radius 2 is 2.07 bits per heavy atom. The maximum absolute atomic E-state index is 11.6. The van der Waals surface area contributed by atoms with E-state index in [4.69, 9.17) is 5.73 Å². The number of amides is 1. The van der Waals surface area contributed by atoms with Gasteiger partial charge in [-0.15, -0.1) is 0 Å². The van der Waals surface area contributed by atoms with Gasteiger partial charge in [-0.1, -0.05) is 30.3 Å². The van der Waals surface area contributed by atoms with Crippen LogP contribution in [0.2, 0.25) is 0 Å². The molecule has 1 aliphatic rings. The zero-order chi connectivity index (χ0) is 10.8. The first-order chi connectivity index (χ1) is 7.24. The molecule has 2 N–H and O–H groups in total. The maximum Gasteiger partial charge on any atom is 0.223 e. The molecular formula is C12H16N2O. The number of nitrogens with zero attached hydrogens (tertiary/aromatic N) is 1. The number of hydrogen-bond acceptors (Lipinski definition) is 2. The molecule has 3 nitrogen and oxygen atoms in total. The van der Waals surface area contributed by atoms with Crippen molar-refractivity contribution in [2.45, 2.75) is 12.5 Å². The second kappa shape index (κ2) is 4.03. The van der Waals surface area contributed by atoms with E-state index in [0.29, 0.717) is 13.0 Å². The van der Waals surface area contributed by atoms with Crippen LogP contribution in [-0.4, -0.2) is 24.4 Å². The zero-order valence-electron chi connectivity index (χ0n) is 8.89. The van der Waals surface area contributed by atoms with Gasteiger partial charge in [0.1, 0.15) is 0 Å². The number of nitrogens with two attached hydrogens (primary N) is 1. The van der Waals surface area contributed by atoms with Crippen LogP contribution in [-0.2, 0) is 4.79 Å². The summed E-state index contributed by atoms with van der Waals surface area (Å²) in [5.74, 6) is 0.448. The third kappa shape index (κ3) is 1.75. The molecule has 0 aliphatic carbocycles. The first kappa shape index (κ1) is 10.2. The number of likely N-dealkylation sites (tertiary alicyclic amines) is 1. The Labute approximate surface area is 89.9 Å². The molecule has 1 aliphatic heterocycles. The largest absolute Gasteiger partial charge is 0.338 e. The second-order valence-electron chi connectivity index (χ2n) is 4.06. The minimum atomic E-state index is 0.156. The van der Waals surface area contributed by atoms with E-state index in [2.05, 4.69) is 12.1 Å². The van der Waals surface area contributed by atoms with Crippen molar-refractivity contribution in [1.29, 1.82) is 0 Å². The van der Waals surface area contributed by atoms with Crippen molar-refractivity contribution in [3.05, 3.63) is 35.9 Å². The smallest absolute Gasteiger partial charge is 0.223 e. The molecule has 1 aromatic rings. The van der Waals surface area contributed by atoms with Crippen molar-refractivity contribution in [3.63, 3.8) is 0 Å². The predicted octanol–water partition coefficient (Wildman–Crippen LogP) is 1.16. The molecule has 1 amide bonds. The molecule has 80 valence electrons. The summed E-state index contributed by atoms with van der Waals surface area (Å²) in [6, 6.07) is 10.3. The van der Waals surface area contributed by atoms with Crippen molar-refractivity contribution in [1.82, 2.24) is 4.90 Å². The summed E-state index contributed by atoms with van der Waals surface area (Å²) in [5, 5.41) is 0. The Hall–Kier alpha value is -1.35. The third-order valence-electron chi connectivity index (χ3n) is 3.14. The van der Waals surface area contributed by atoms with Gasteiger partial charge in [0.05, 0.1) is 6.04 Å². The fourth-order valence-corrected chi connectivity index (χ4v) is 2.31. The highest BCUT2D eigenvalue weighted by Gasteiger charge is 2.37. The van der Waals surface area contributed by atoms with Gasteiger partial charge in [-0.05, 0) is 12.1 Å². The minimum Gasteiger partial charge on any atom is -0.338 e. The van der Waals surface area contributed by atoms with E-state index in [9.17, 15) is 4.79 Å². The van der Waals surface area contributed by atoms with Gasteiger partial charge in [0.25, 0.3) is 0 Å². The highest BCUT2D eigenvalue weighted by molar-refractivity contribution is 5.79. The summed E-state index contributed by atoms with van der Waals surface area (Å²) < 4.78 is 0. The van der Waals surface area contributed by atoms with E-state index in [1.54, 1.807) is 0 Å². The van der Waals surface area contributed by atoms with Gasteiger partial charge in [0.2, 0.25) is 5.91 Å². The van der Waals surface area contributed by atoms with Gasteiger partial charge in [-0.3, -0.25) is 4.79 Å². The molecule has 15 heavy (non-hydrogen) atoms. The molecule has 0 saturated carbocycles. The van der Waals surface area contributed by atoms with Crippen LogP contribution in [0.5, 0.6) is 0 Å². The Bertz CT molecular complexity index is 350. The average Bonchev–Trinajstić information content (AvgIpc) is 2.56. The first-order valence-corrected chi connectivity index (χ1v) is 5.24. The van der Waals surface area contributed by atoms with Crippen LogP contribution in [0.15, 0.2) is 30.3 Å². The summed E-state index contributed by atoms with van der Waals surface area (Å²) in [7, 11) is 1.86. The lowest BCUT2D eigenvalue weighted by atomic mass is 9.94. The van der Waals surface area contributed by atoms with Gasteiger partial charge < -0.3 is 10.6 Å². The molecule has 0 radical (unpaired) electrons. The Morgan fingerprint density at radius 3 is 2.67 bits per heavy atom. The number of hydrogen-bond donors (Lipinski definition) is 1. The van der Waals surface area contributed by atoms with E-state index in [1.165, 1.54) is 5.56 Å². The number of carbonyl (C=O) groups is 1. The summed E-state index contributed by atoms with van der Waals surface area (Å²) in [6.07, 6.45) is 0.576. The van der Waals surface area contributed by atoms with Gasteiger partial charge in [0, 0.05) is 19.4 Å². The molecule has 2 unspecified atom stereocenters. The van der Waals surface area contributed by atoms with Crippen LogP contribution in [0.3, 0.4) is 0 Å². The van der Waals surface area contributed by atoms with Crippen molar-refractivity contribution in [2.24, 2.45) is 11.7 Å². The lowest BCUT2D eigenvalue weighted by Crippen LogP contribution is -2.26. The fourth-order valence-electron chi connectivity index (χ4n) is 2.31. The normalized spacial score (nSPS) is 26.0. The van der Waals surface area contributed by atoms with Crippen molar-refractivity contribution in [2.75, 3.05) is 13.6 Å². The predicted molar refractivity (Wildman–Crippen MR) is 59.1 cm³/mol. The molecule has 1 aromatic carbocycles. The lowest BCUT2D eigenvalue weighted by Gasteiger charge is -2.24. The topological polar surface area (TPSA) is 46.3 Å². The molecule has 0 spiro atoms. The van der Waals surface area contributed by atoms with Crippen LogP contribution in [0.1, 0.15) is 18.0 Å². The molecule has 2 rings (SSSR count). The SMILES string of the molecule is CN1C(=O)CC(CN)C1c1ccccc1. The fraction of sp³-hybridized carbons (Fsp3) is 0.417. The minimum absolute atomic E-state index is 0.156. The van der Waals surface area contributed by atoms with Crippen LogP contribution in [0.4, 0.5) is 0 Å². The Kier molecular flexibility index (Phi) is 2.73. The van der Waals surface area contributed by atoms with Crippen molar-refractivity contribution in [3.8, 4) is 0 Å². The van der Waals surface area contributed by atoms with E-state index in [0.717, 1.165) is 0 Å². The van der Waals surface area contributed by atoms with Crippen LogP contribution < -0.4 is 5.73 Å². The monoisotopic (exact) mass is 204 g/mol. The van der Waals surface area contributed by atoms with E-state index < -0.39 is 0 Å². The molecule has 0 bridgehead atoms. The van der Waals surface area contributed by atoms with E-state index in [1.807, 2.05) is 30.1 Å². The second-order valence-corrected chi connectivity index (χ2v) is 4.06. The molecule has 1 heterocycles. The van der Waals surface area contributed by atoms with Crippen molar-refractivity contribution >= 4 is 5.91 Å². The van der Waals surface area contributed by atoms with E-state index in [-0.39, 0.29) is 17.9 Å². The molecule has 1 fully saturated rings. The Balaban J connectivity index is 2.30. The summed E-state index contributed by atoms with van der Waals surface area (Å²) in [6.45, 7) is 0.565. The standard InChI is InChI=1S/C12H16N2O/c1-14-11(15)7-10(8-13)12(14)9-5-3-2-4-6-9/h2-6,10,12H,7-8,13H2,1H3. The maximum atomic E-state index is 11.6. The summed E-state index contributed by atoms with van der Waals surface area (Å²) >= 11 is 0. The van der Waals surface area contributed by atoms with E-state index >= 15 is 0 Å². The van der Waals surface area contributed by atoms with Gasteiger partial charge in [-0.2, -0.15) is 0 Å². The summed E-state index contributed by atoms with van der Waals surface area (Å²) in [4.78, 5) is 13.4. The summed E-state index contributed by atoms with van der Waals surface area (Å²) in [5.41, 5.74) is 6.89. The Morgan fingerprint density at radius 1 is 1.40 bits per heavy atom. The van der Waals surface area contributed by atoms with Crippen LogP contribution in [0.25, 0.3) is 0 Å². The molecule has 0 aromatic heterocycles. The number of carbonyl (C=O) groups excluding carboxylic acids is 1. The lowest BCUT2D eigenvalue weighted by molar-refractivity contribution is -0.127. The van der Waals surface area contributed by atoms with Crippen molar-refractivity contribution < 1.29 is 4.79 Å². The van der Waals surface area contributed by atoms with Gasteiger partial charge >= 0.3 is 0 Å². The van der Waals surface area contributed by atoms with Crippen LogP contribution in [0, 0.1) is 5.92 Å².